The van der Waals surface area contributed by atoms with Gasteiger partial charge in [0.05, 0.1) is 5.52 Å². The van der Waals surface area contributed by atoms with E-state index in [1.165, 1.54) is 0 Å². The van der Waals surface area contributed by atoms with Gasteiger partial charge in [-0.15, -0.1) is 0 Å². The molecule has 5 rings (SSSR count). The van der Waals surface area contributed by atoms with Crippen LogP contribution in [0.2, 0.25) is 5.02 Å². The topological polar surface area (TPSA) is 39.0 Å². The van der Waals surface area contributed by atoms with Crippen LogP contribution in [-0.4, -0.2) is 15.0 Å². The van der Waals surface area contributed by atoms with Crippen molar-refractivity contribution in [2.24, 2.45) is 7.05 Å². The van der Waals surface area contributed by atoms with Gasteiger partial charge in [0.1, 0.15) is 5.69 Å². The third-order valence-electron chi connectivity index (χ3n) is 5.17. The molecule has 0 atom stereocenters. The summed E-state index contributed by atoms with van der Waals surface area (Å²) in [6.07, 6.45) is 2.01. The molecular weight excluding hydrogens is 382 g/mol. The van der Waals surface area contributed by atoms with E-state index in [2.05, 4.69) is 9.88 Å². The highest BCUT2D eigenvalue weighted by molar-refractivity contribution is 6.30. The van der Waals surface area contributed by atoms with Crippen molar-refractivity contribution in [3.63, 3.8) is 0 Å². The number of fused-ring (bicyclic) bond motifs is 2. The first-order chi connectivity index (χ1) is 14.1. The summed E-state index contributed by atoms with van der Waals surface area (Å²) >= 11 is 6.06. The highest BCUT2D eigenvalue weighted by Gasteiger charge is 2.17. The number of carbonyl (C=O) groups excluding carboxylic acids is 1. The summed E-state index contributed by atoms with van der Waals surface area (Å²) in [5.41, 5.74) is 4.32. The summed E-state index contributed by atoms with van der Waals surface area (Å²) < 4.78 is 4.02. The maximum absolute atomic E-state index is 13.2. The van der Waals surface area contributed by atoms with Crippen LogP contribution in [0.5, 0.6) is 0 Å². The Bertz CT molecular complexity index is 1360. The van der Waals surface area contributed by atoms with Gasteiger partial charge in [0.25, 0.3) is 5.91 Å². The van der Waals surface area contributed by atoms with Crippen LogP contribution < -0.4 is 5.32 Å². The minimum Gasteiger partial charge on any atom is -0.351 e. The van der Waals surface area contributed by atoms with E-state index in [9.17, 15) is 4.79 Å². The van der Waals surface area contributed by atoms with Crippen LogP contribution in [0.25, 0.3) is 27.5 Å². The van der Waals surface area contributed by atoms with Gasteiger partial charge >= 0.3 is 0 Å². The summed E-state index contributed by atoms with van der Waals surface area (Å²) in [6.45, 7) is 0. The second-order valence-electron chi connectivity index (χ2n) is 7.05. The molecule has 1 N–H and O–H groups in total. The Balaban J connectivity index is 1.58. The van der Waals surface area contributed by atoms with Crippen molar-refractivity contribution < 1.29 is 4.79 Å². The Morgan fingerprint density at radius 2 is 1.62 bits per heavy atom. The van der Waals surface area contributed by atoms with Crippen molar-refractivity contribution in [1.29, 1.82) is 0 Å². The van der Waals surface area contributed by atoms with E-state index in [1.54, 1.807) is 0 Å². The van der Waals surface area contributed by atoms with E-state index in [4.69, 9.17) is 11.6 Å². The number of para-hydroxylation sites is 1. The van der Waals surface area contributed by atoms with Crippen LogP contribution >= 0.6 is 11.6 Å². The molecule has 1 amide bonds. The van der Waals surface area contributed by atoms with E-state index in [0.717, 1.165) is 33.2 Å². The summed E-state index contributed by atoms with van der Waals surface area (Å²) in [6, 6.07) is 25.3. The van der Waals surface area contributed by atoms with E-state index in [1.807, 2.05) is 96.7 Å². The average Bonchev–Trinajstić information content (AvgIpc) is 3.29. The molecule has 4 nitrogen and oxygen atoms in total. The van der Waals surface area contributed by atoms with Crippen LogP contribution in [0.3, 0.4) is 0 Å². The largest absolute Gasteiger partial charge is 0.351 e. The minimum absolute atomic E-state index is 0.161. The van der Waals surface area contributed by atoms with Crippen LogP contribution in [0.4, 0.5) is 5.69 Å². The average molecular weight is 400 g/mol. The fraction of sp³-hybridized carbons (Fsp3) is 0.0417. The lowest BCUT2D eigenvalue weighted by Crippen LogP contribution is -2.16. The second-order valence-corrected chi connectivity index (χ2v) is 7.49. The molecule has 0 aliphatic carbocycles. The standard InChI is InChI=1S/C24H18ClN3O/c1-27-13-12-17-14-19(8-11-21(17)27)26-24(29)23-15-16-4-2-3-5-22(16)28(23)20-9-6-18(25)7-10-20/h2-15H,1H3,(H,26,29). The number of hydrogen-bond donors (Lipinski definition) is 1. The van der Waals surface area contributed by atoms with Gasteiger partial charge in [0, 0.05) is 45.9 Å². The number of anilines is 1. The highest BCUT2D eigenvalue weighted by Crippen LogP contribution is 2.27. The van der Waals surface area contributed by atoms with Crippen LogP contribution in [0, 0.1) is 0 Å². The van der Waals surface area contributed by atoms with Crippen LogP contribution in [0.1, 0.15) is 10.5 Å². The number of carbonyl (C=O) groups is 1. The molecule has 0 aliphatic heterocycles. The fourth-order valence-electron chi connectivity index (χ4n) is 3.74. The number of halogens is 1. The molecule has 0 bridgehead atoms. The number of aromatic nitrogens is 2. The van der Waals surface area contributed by atoms with Gasteiger partial charge in [-0.1, -0.05) is 29.8 Å². The number of nitrogens with one attached hydrogen (secondary N) is 1. The first-order valence-corrected chi connectivity index (χ1v) is 9.71. The monoisotopic (exact) mass is 399 g/mol. The molecular formula is C24H18ClN3O. The number of nitrogens with zero attached hydrogens (tertiary/aromatic N) is 2. The zero-order chi connectivity index (χ0) is 20.0. The van der Waals surface area contributed by atoms with Crippen molar-refractivity contribution in [2.45, 2.75) is 0 Å². The van der Waals surface area contributed by atoms with E-state index in [-0.39, 0.29) is 5.91 Å². The molecule has 0 spiro atoms. The lowest BCUT2D eigenvalue weighted by Gasteiger charge is -2.12. The third kappa shape index (κ3) is 3.08. The number of aryl methyl sites for hydroxylation is 1. The summed E-state index contributed by atoms with van der Waals surface area (Å²) in [5.74, 6) is -0.161. The van der Waals surface area contributed by atoms with E-state index >= 15 is 0 Å². The number of benzene rings is 3. The normalized spacial score (nSPS) is 11.2. The Hall–Kier alpha value is -3.50. The van der Waals surface area contributed by atoms with Crippen molar-refractivity contribution in [3.8, 4) is 5.69 Å². The molecule has 0 fully saturated rings. The Morgan fingerprint density at radius 1 is 0.862 bits per heavy atom. The van der Waals surface area contributed by atoms with Gasteiger partial charge in [-0.25, -0.2) is 0 Å². The number of hydrogen-bond acceptors (Lipinski definition) is 1. The molecule has 5 heteroatoms. The molecule has 142 valence electrons. The minimum atomic E-state index is -0.161. The lowest BCUT2D eigenvalue weighted by molar-refractivity contribution is 0.102. The molecule has 2 aromatic heterocycles. The molecule has 3 aromatic carbocycles. The smallest absolute Gasteiger partial charge is 0.272 e. The molecule has 0 saturated heterocycles. The van der Waals surface area contributed by atoms with Gasteiger partial charge < -0.3 is 14.5 Å². The fourth-order valence-corrected chi connectivity index (χ4v) is 3.87. The summed E-state index contributed by atoms with van der Waals surface area (Å²) in [7, 11) is 2.01. The highest BCUT2D eigenvalue weighted by atomic mass is 35.5. The van der Waals surface area contributed by atoms with E-state index in [0.29, 0.717) is 10.7 Å². The van der Waals surface area contributed by atoms with Crippen molar-refractivity contribution in [1.82, 2.24) is 9.13 Å². The third-order valence-corrected chi connectivity index (χ3v) is 5.42. The van der Waals surface area contributed by atoms with Gasteiger partial charge in [0.2, 0.25) is 0 Å². The summed E-state index contributed by atoms with van der Waals surface area (Å²) in [4.78, 5) is 13.2. The molecule has 0 radical (unpaired) electrons. The number of amides is 1. The molecule has 2 heterocycles. The molecule has 0 aliphatic rings. The zero-order valence-corrected chi connectivity index (χ0v) is 16.5. The first kappa shape index (κ1) is 17.6. The molecule has 0 saturated carbocycles. The van der Waals surface area contributed by atoms with Crippen molar-refractivity contribution in [2.75, 3.05) is 5.32 Å². The van der Waals surface area contributed by atoms with Gasteiger partial charge in [-0.2, -0.15) is 0 Å². The Labute approximate surface area is 172 Å². The Morgan fingerprint density at radius 3 is 2.45 bits per heavy atom. The second kappa shape index (κ2) is 6.83. The number of rotatable bonds is 3. The van der Waals surface area contributed by atoms with Crippen molar-refractivity contribution >= 4 is 45.0 Å². The van der Waals surface area contributed by atoms with Crippen LogP contribution in [0.15, 0.2) is 85.1 Å². The van der Waals surface area contributed by atoms with E-state index < -0.39 is 0 Å². The molecule has 0 unspecified atom stereocenters. The Kier molecular flexibility index (Phi) is 4.14. The SMILES string of the molecule is Cn1ccc2cc(NC(=O)c3cc4ccccc4n3-c3ccc(Cl)cc3)ccc21. The predicted octanol–water partition coefficient (Wildman–Crippen LogP) is 6.03. The zero-order valence-electron chi connectivity index (χ0n) is 15.8. The summed E-state index contributed by atoms with van der Waals surface area (Å²) in [5, 5.41) is 5.80. The lowest BCUT2D eigenvalue weighted by atomic mass is 10.2. The first-order valence-electron chi connectivity index (χ1n) is 9.33. The molecule has 5 aromatic rings. The van der Waals surface area contributed by atoms with Gasteiger partial charge in [-0.3, -0.25) is 4.79 Å². The van der Waals surface area contributed by atoms with Gasteiger partial charge in [-0.05, 0) is 60.7 Å². The van der Waals surface area contributed by atoms with Crippen molar-refractivity contribution in [3.05, 3.63) is 95.8 Å². The predicted molar refractivity (Wildman–Crippen MR) is 119 cm³/mol. The molecule has 29 heavy (non-hydrogen) atoms. The van der Waals surface area contributed by atoms with Gasteiger partial charge in [0.15, 0.2) is 0 Å². The maximum Gasteiger partial charge on any atom is 0.272 e. The maximum atomic E-state index is 13.2. The quantitative estimate of drug-likeness (QED) is 0.395. The van der Waals surface area contributed by atoms with Crippen LogP contribution in [-0.2, 0) is 7.05 Å².